The number of aromatic nitrogens is 1. The maximum absolute atomic E-state index is 8.81. The molecule has 1 aromatic heterocycles. The molecule has 3 N–H and O–H groups in total. The van der Waals surface area contributed by atoms with E-state index in [1.54, 1.807) is 18.2 Å². The summed E-state index contributed by atoms with van der Waals surface area (Å²) in [5.41, 5.74) is 6.97. The van der Waals surface area contributed by atoms with Gasteiger partial charge in [-0.05, 0) is 17.7 Å². The quantitative estimate of drug-likeness (QED) is 0.755. The number of hydrogen-bond acceptors (Lipinski definition) is 3. The minimum absolute atomic E-state index is 0.300. The first-order valence-electron chi connectivity index (χ1n) is 4.04. The molecule has 2 rings (SSSR count). The van der Waals surface area contributed by atoms with Gasteiger partial charge in [0, 0.05) is 5.39 Å². The summed E-state index contributed by atoms with van der Waals surface area (Å²) in [4.78, 5) is 4.10. The number of anilines is 1. The first-order valence-corrected chi connectivity index (χ1v) is 4.42. The second kappa shape index (κ2) is 3.44. The number of halogens is 1. The van der Waals surface area contributed by atoms with Gasteiger partial charge in [-0.2, -0.15) is 0 Å². The number of benzene rings is 1. The molecular formula is C10H8ClN2O. The largest absolute Gasteiger partial charge is 0.385 e. The molecule has 0 bridgehead atoms. The Labute approximate surface area is 86.1 Å². The van der Waals surface area contributed by atoms with Gasteiger partial charge in [0.05, 0.1) is 10.5 Å². The monoisotopic (exact) mass is 207 g/mol. The molecule has 71 valence electrons. The fraction of sp³-hybridized carbons (Fsp3) is 0. The molecule has 1 heterocycles. The highest BCUT2D eigenvalue weighted by molar-refractivity contribution is 6.33. The van der Waals surface area contributed by atoms with Crippen LogP contribution >= 0.6 is 11.6 Å². The molecule has 2 aromatic rings. The van der Waals surface area contributed by atoms with Crippen molar-refractivity contribution in [3.05, 3.63) is 41.5 Å². The van der Waals surface area contributed by atoms with Crippen molar-refractivity contribution in [1.82, 2.24) is 4.98 Å². The molecule has 14 heavy (non-hydrogen) atoms. The van der Waals surface area contributed by atoms with E-state index in [0.717, 1.165) is 17.5 Å². The van der Waals surface area contributed by atoms with Crippen molar-refractivity contribution >= 4 is 28.3 Å². The van der Waals surface area contributed by atoms with Gasteiger partial charge in [-0.1, -0.05) is 23.7 Å². The van der Waals surface area contributed by atoms with Crippen LogP contribution in [0.1, 0.15) is 5.56 Å². The lowest BCUT2D eigenvalue weighted by atomic mass is 10.1. The van der Waals surface area contributed by atoms with Gasteiger partial charge in [-0.15, -0.1) is 0 Å². The SMILES string of the molecule is Nc1nc2cc([CH]O)ccc2cc1Cl. The van der Waals surface area contributed by atoms with Crippen LogP contribution in [0.2, 0.25) is 5.02 Å². The Morgan fingerprint density at radius 2 is 2.14 bits per heavy atom. The van der Waals surface area contributed by atoms with Gasteiger partial charge in [0.1, 0.15) is 12.4 Å². The molecule has 4 heteroatoms. The molecule has 0 aliphatic heterocycles. The molecule has 0 fully saturated rings. The normalized spacial score (nSPS) is 10.7. The van der Waals surface area contributed by atoms with Crippen molar-refractivity contribution in [3.8, 4) is 0 Å². The van der Waals surface area contributed by atoms with E-state index < -0.39 is 0 Å². The Morgan fingerprint density at radius 3 is 2.86 bits per heavy atom. The van der Waals surface area contributed by atoms with Crippen molar-refractivity contribution in [3.63, 3.8) is 0 Å². The topological polar surface area (TPSA) is 59.1 Å². The van der Waals surface area contributed by atoms with Crippen LogP contribution in [0.4, 0.5) is 5.82 Å². The van der Waals surface area contributed by atoms with Crippen LogP contribution in [-0.2, 0) is 0 Å². The molecule has 0 aliphatic rings. The smallest absolute Gasteiger partial charge is 0.142 e. The average molecular weight is 208 g/mol. The Kier molecular flexibility index (Phi) is 2.27. The van der Waals surface area contributed by atoms with Gasteiger partial charge in [0.2, 0.25) is 0 Å². The molecular weight excluding hydrogens is 200 g/mol. The fourth-order valence-electron chi connectivity index (χ4n) is 1.25. The second-order valence-corrected chi connectivity index (χ2v) is 3.34. The lowest BCUT2D eigenvalue weighted by Gasteiger charge is -2.02. The molecule has 0 saturated carbocycles. The molecule has 0 aliphatic carbocycles. The minimum atomic E-state index is 0.300. The predicted octanol–water partition coefficient (Wildman–Crippen LogP) is 2.35. The highest BCUT2D eigenvalue weighted by Crippen LogP contribution is 2.23. The number of nitrogens with two attached hydrogens (primary N) is 1. The van der Waals surface area contributed by atoms with Gasteiger partial charge < -0.3 is 10.8 Å². The molecule has 1 aromatic carbocycles. The van der Waals surface area contributed by atoms with Crippen LogP contribution < -0.4 is 5.73 Å². The summed E-state index contributed by atoms with van der Waals surface area (Å²) in [7, 11) is 0. The summed E-state index contributed by atoms with van der Waals surface area (Å²) in [6.07, 6.45) is 0. The number of aliphatic hydroxyl groups is 1. The summed E-state index contributed by atoms with van der Waals surface area (Å²) < 4.78 is 0. The van der Waals surface area contributed by atoms with E-state index in [1.807, 2.05) is 6.07 Å². The van der Waals surface area contributed by atoms with E-state index >= 15 is 0 Å². The Hall–Kier alpha value is -1.32. The van der Waals surface area contributed by atoms with Crippen molar-refractivity contribution in [2.45, 2.75) is 0 Å². The maximum atomic E-state index is 8.81. The summed E-state index contributed by atoms with van der Waals surface area (Å²) >= 11 is 5.82. The third-order valence-corrected chi connectivity index (χ3v) is 2.27. The van der Waals surface area contributed by atoms with E-state index in [0.29, 0.717) is 16.4 Å². The van der Waals surface area contributed by atoms with E-state index in [-0.39, 0.29) is 0 Å². The van der Waals surface area contributed by atoms with Crippen molar-refractivity contribution < 1.29 is 5.11 Å². The Bertz CT molecular complexity index is 485. The summed E-state index contributed by atoms with van der Waals surface area (Å²) in [6, 6.07) is 7.09. The third kappa shape index (κ3) is 1.52. The first kappa shape index (κ1) is 9.24. The van der Waals surface area contributed by atoms with Crippen LogP contribution in [0.25, 0.3) is 10.9 Å². The van der Waals surface area contributed by atoms with Crippen LogP contribution in [0.3, 0.4) is 0 Å². The van der Waals surface area contributed by atoms with E-state index in [2.05, 4.69) is 4.98 Å². The molecule has 3 nitrogen and oxygen atoms in total. The highest BCUT2D eigenvalue weighted by Gasteiger charge is 2.02. The van der Waals surface area contributed by atoms with Gasteiger partial charge in [0.15, 0.2) is 0 Å². The first-order chi connectivity index (χ1) is 6.70. The molecule has 0 unspecified atom stereocenters. The highest BCUT2D eigenvalue weighted by atomic mass is 35.5. The zero-order chi connectivity index (χ0) is 10.1. The van der Waals surface area contributed by atoms with Gasteiger partial charge in [0.25, 0.3) is 0 Å². The van der Waals surface area contributed by atoms with Gasteiger partial charge in [-0.3, -0.25) is 0 Å². The zero-order valence-corrected chi connectivity index (χ0v) is 7.99. The van der Waals surface area contributed by atoms with Crippen molar-refractivity contribution in [2.75, 3.05) is 5.73 Å². The number of pyridine rings is 1. The lowest BCUT2D eigenvalue weighted by molar-refractivity contribution is 0.415. The number of fused-ring (bicyclic) bond motifs is 1. The van der Waals surface area contributed by atoms with Crippen LogP contribution in [0, 0.1) is 6.61 Å². The van der Waals surface area contributed by atoms with Crippen LogP contribution in [-0.4, -0.2) is 10.1 Å². The van der Waals surface area contributed by atoms with Crippen molar-refractivity contribution in [2.24, 2.45) is 0 Å². The molecule has 0 saturated heterocycles. The van der Waals surface area contributed by atoms with Crippen molar-refractivity contribution in [1.29, 1.82) is 0 Å². The lowest BCUT2D eigenvalue weighted by Crippen LogP contribution is -1.92. The Balaban J connectivity index is 2.70. The van der Waals surface area contributed by atoms with E-state index in [9.17, 15) is 0 Å². The number of rotatable bonds is 1. The van der Waals surface area contributed by atoms with Crippen LogP contribution in [0.15, 0.2) is 24.3 Å². The number of nitrogen functional groups attached to an aromatic ring is 1. The Morgan fingerprint density at radius 1 is 1.36 bits per heavy atom. The molecule has 1 radical (unpaired) electrons. The van der Waals surface area contributed by atoms with E-state index in [4.69, 9.17) is 22.4 Å². The maximum Gasteiger partial charge on any atom is 0.142 e. The number of aliphatic hydroxyl groups excluding tert-OH is 1. The fourth-order valence-corrected chi connectivity index (χ4v) is 1.41. The third-order valence-electron chi connectivity index (χ3n) is 1.97. The number of hydrogen-bond donors (Lipinski definition) is 2. The summed E-state index contributed by atoms with van der Waals surface area (Å²) in [6.45, 7) is 1.02. The molecule has 0 spiro atoms. The van der Waals surface area contributed by atoms with E-state index in [1.165, 1.54) is 0 Å². The minimum Gasteiger partial charge on any atom is -0.385 e. The average Bonchev–Trinajstić information content (AvgIpc) is 2.19. The summed E-state index contributed by atoms with van der Waals surface area (Å²) in [5.74, 6) is 0.300. The number of nitrogens with zero attached hydrogens (tertiary/aromatic N) is 1. The van der Waals surface area contributed by atoms with Gasteiger partial charge >= 0.3 is 0 Å². The van der Waals surface area contributed by atoms with Crippen LogP contribution in [0.5, 0.6) is 0 Å². The molecule has 0 atom stereocenters. The predicted molar refractivity (Wildman–Crippen MR) is 56.5 cm³/mol. The summed E-state index contributed by atoms with van der Waals surface area (Å²) in [5, 5.41) is 10.2. The zero-order valence-electron chi connectivity index (χ0n) is 7.24. The van der Waals surface area contributed by atoms with Gasteiger partial charge in [-0.25, -0.2) is 4.98 Å². The standard InChI is InChI=1S/C10H8ClN2O/c11-8-4-7-2-1-6(5-14)3-9(7)13-10(8)12/h1-5,14H,(H2,12,13). The molecule has 0 amide bonds. The second-order valence-electron chi connectivity index (χ2n) is 2.94.